The molecule has 0 saturated carbocycles. The molecule has 3 aromatic heterocycles. The molecule has 6 rings (SSSR count). The van der Waals surface area contributed by atoms with E-state index >= 15 is 0 Å². The van der Waals surface area contributed by atoms with Crippen molar-refractivity contribution in [3.8, 4) is 11.1 Å². The standard InChI is InChI=1S/C21H18N6O/c1-25-7-6-16-10-14(2-4-18(16)25)15-3-5-19-17(11-15)23-21(28-19)26-8-9-27-13-22-24-20(27)12-26/h2-7,10-11,13H,8-9,12H2,1H3. The highest BCUT2D eigenvalue weighted by atomic mass is 16.4. The van der Waals surface area contributed by atoms with Crippen molar-refractivity contribution in [1.82, 2.24) is 24.3 Å². The first-order chi connectivity index (χ1) is 13.7. The van der Waals surface area contributed by atoms with E-state index in [0.29, 0.717) is 12.6 Å². The monoisotopic (exact) mass is 370 g/mol. The fourth-order valence-electron chi connectivity index (χ4n) is 3.92. The number of hydrogen-bond acceptors (Lipinski definition) is 5. The van der Waals surface area contributed by atoms with Crippen LogP contribution in [0.15, 0.2) is 59.4 Å². The van der Waals surface area contributed by atoms with E-state index < -0.39 is 0 Å². The maximum Gasteiger partial charge on any atom is 0.298 e. The van der Waals surface area contributed by atoms with Crippen LogP contribution in [0.25, 0.3) is 33.1 Å². The summed E-state index contributed by atoms with van der Waals surface area (Å²) in [5.74, 6) is 0.936. The van der Waals surface area contributed by atoms with Gasteiger partial charge in [0.15, 0.2) is 11.4 Å². The van der Waals surface area contributed by atoms with E-state index in [9.17, 15) is 0 Å². The van der Waals surface area contributed by atoms with Gasteiger partial charge < -0.3 is 18.5 Å². The molecular weight excluding hydrogens is 352 g/mol. The van der Waals surface area contributed by atoms with Gasteiger partial charge in [0.05, 0.1) is 6.54 Å². The molecule has 0 aliphatic carbocycles. The number of rotatable bonds is 2. The van der Waals surface area contributed by atoms with Gasteiger partial charge in [0.2, 0.25) is 0 Å². The Bertz CT molecular complexity index is 1330. The Morgan fingerprint density at radius 2 is 1.89 bits per heavy atom. The predicted octanol–water partition coefficient (Wildman–Crippen LogP) is 3.60. The Kier molecular flexibility index (Phi) is 3.14. The highest BCUT2D eigenvalue weighted by Gasteiger charge is 2.22. The third-order valence-electron chi connectivity index (χ3n) is 5.50. The number of benzene rings is 2. The van der Waals surface area contributed by atoms with Crippen LogP contribution in [0.4, 0.5) is 6.01 Å². The Hall–Kier alpha value is -3.61. The number of aryl methyl sites for hydroxylation is 1. The van der Waals surface area contributed by atoms with Crippen molar-refractivity contribution >= 4 is 28.0 Å². The minimum Gasteiger partial charge on any atom is -0.423 e. The van der Waals surface area contributed by atoms with Crippen LogP contribution in [-0.2, 0) is 20.1 Å². The quantitative estimate of drug-likeness (QED) is 0.475. The van der Waals surface area contributed by atoms with Crippen LogP contribution < -0.4 is 4.90 Å². The second-order valence-corrected chi connectivity index (χ2v) is 7.24. The largest absolute Gasteiger partial charge is 0.423 e. The van der Waals surface area contributed by atoms with Crippen LogP contribution in [0.5, 0.6) is 0 Å². The molecule has 7 heteroatoms. The molecule has 0 N–H and O–H groups in total. The van der Waals surface area contributed by atoms with Crippen molar-refractivity contribution in [2.24, 2.45) is 7.05 Å². The Morgan fingerprint density at radius 3 is 2.86 bits per heavy atom. The average molecular weight is 370 g/mol. The number of hydrogen-bond donors (Lipinski definition) is 0. The van der Waals surface area contributed by atoms with Crippen LogP contribution in [0, 0.1) is 0 Å². The fraction of sp³-hybridized carbons (Fsp3) is 0.190. The first-order valence-electron chi connectivity index (χ1n) is 9.32. The average Bonchev–Trinajstić information content (AvgIpc) is 3.44. The molecule has 0 radical (unpaired) electrons. The summed E-state index contributed by atoms with van der Waals surface area (Å²) >= 11 is 0. The third-order valence-corrected chi connectivity index (χ3v) is 5.50. The third kappa shape index (κ3) is 2.32. The van der Waals surface area contributed by atoms with E-state index in [2.05, 4.69) is 73.9 Å². The predicted molar refractivity (Wildman–Crippen MR) is 107 cm³/mol. The molecule has 5 aromatic rings. The number of anilines is 1. The zero-order valence-corrected chi connectivity index (χ0v) is 15.4. The lowest BCUT2D eigenvalue weighted by molar-refractivity contribution is 0.500. The maximum absolute atomic E-state index is 6.02. The van der Waals surface area contributed by atoms with Gasteiger partial charge in [-0.25, -0.2) is 0 Å². The maximum atomic E-state index is 6.02. The van der Waals surface area contributed by atoms with Crippen LogP contribution in [0.1, 0.15) is 5.82 Å². The molecule has 1 aliphatic heterocycles. The van der Waals surface area contributed by atoms with E-state index in [1.165, 1.54) is 16.5 Å². The molecule has 0 saturated heterocycles. The zero-order chi connectivity index (χ0) is 18.7. The van der Waals surface area contributed by atoms with Crippen LogP contribution in [0.2, 0.25) is 0 Å². The molecule has 0 atom stereocenters. The van der Waals surface area contributed by atoms with Gasteiger partial charge in [-0.15, -0.1) is 10.2 Å². The second kappa shape index (κ2) is 5.69. The number of oxazole rings is 1. The lowest BCUT2D eigenvalue weighted by Crippen LogP contribution is -2.33. The molecule has 0 amide bonds. The smallest absolute Gasteiger partial charge is 0.298 e. The van der Waals surface area contributed by atoms with Gasteiger partial charge in [0.25, 0.3) is 6.01 Å². The molecule has 0 spiro atoms. The van der Waals surface area contributed by atoms with Gasteiger partial charge in [-0.3, -0.25) is 0 Å². The van der Waals surface area contributed by atoms with E-state index in [1.807, 2.05) is 6.07 Å². The summed E-state index contributed by atoms with van der Waals surface area (Å²) in [5, 5.41) is 9.38. The Labute approximate surface area is 160 Å². The van der Waals surface area contributed by atoms with E-state index in [1.54, 1.807) is 6.33 Å². The van der Waals surface area contributed by atoms with E-state index in [4.69, 9.17) is 9.40 Å². The van der Waals surface area contributed by atoms with Gasteiger partial charge in [-0.1, -0.05) is 12.1 Å². The van der Waals surface area contributed by atoms with Crippen molar-refractivity contribution < 1.29 is 4.42 Å². The van der Waals surface area contributed by atoms with Gasteiger partial charge in [0.1, 0.15) is 11.8 Å². The van der Waals surface area contributed by atoms with Gasteiger partial charge in [-0.05, 0) is 41.5 Å². The van der Waals surface area contributed by atoms with Gasteiger partial charge in [0, 0.05) is 37.2 Å². The number of nitrogens with zero attached hydrogens (tertiary/aromatic N) is 6. The summed E-state index contributed by atoms with van der Waals surface area (Å²) in [7, 11) is 2.06. The fourth-order valence-corrected chi connectivity index (χ4v) is 3.92. The molecule has 0 fully saturated rings. The van der Waals surface area contributed by atoms with Crippen LogP contribution in [0.3, 0.4) is 0 Å². The number of aromatic nitrogens is 5. The van der Waals surface area contributed by atoms with E-state index in [-0.39, 0.29) is 0 Å². The molecule has 138 valence electrons. The first-order valence-corrected chi connectivity index (χ1v) is 9.32. The molecule has 4 heterocycles. The second-order valence-electron chi connectivity index (χ2n) is 7.24. The van der Waals surface area contributed by atoms with E-state index in [0.717, 1.165) is 35.6 Å². The van der Waals surface area contributed by atoms with Crippen molar-refractivity contribution in [1.29, 1.82) is 0 Å². The molecular formula is C21H18N6O. The van der Waals surface area contributed by atoms with Crippen molar-refractivity contribution in [2.45, 2.75) is 13.1 Å². The first kappa shape index (κ1) is 15.4. The summed E-state index contributed by atoms with van der Waals surface area (Å²) in [4.78, 5) is 6.85. The summed E-state index contributed by atoms with van der Waals surface area (Å²) < 4.78 is 10.2. The molecule has 0 bridgehead atoms. The molecule has 0 unspecified atom stereocenters. The molecule has 28 heavy (non-hydrogen) atoms. The van der Waals surface area contributed by atoms with Crippen molar-refractivity contribution in [3.63, 3.8) is 0 Å². The van der Waals surface area contributed by atoms with Crippen LogP contribution >= 0.6 is 0 Å². The highest BCUT2D eigenvalue weighted by molar-refractivity contribution is 5.88. The molecule has 7 nitrogen and oxygen atoms in total. The minimum atomic E-state index is 0.639. The molecule has 1 aliphatic rings. The normalized spacial score (nSPS) is 14.1. The van der Waals surface area contributed by atoms with Crippen molar-refractivity contribution in [3.05, 3.63) is 60.8 Å². The Balaban J connectivity index is 1.36. The topological polar surface area (TPSA) is 64.9 Å². The van der Waals surface area contributed by atoms with Gasteiger partial charge >= 0.3 is 0 Å². The summed E-state index contributed by atoms with van der Waals surface area (Å²) in [6.07, 6.45) is 3.86. The highest BCUT2D eigenvalue weighted by Crippen LogP contribution is 2.30. The molecule has 2 aromatic carbocycles. The summed E-state index contributed by atoms with van der Waals surface area (Å²) in [5.41, 5.74) is 5.21. The summed E-state index contributed by atoms with van der Waals surface area (Å²) in [6.45, 7) is 2.32. The number of fused-ring (bicyclic) bond motifs is 3. The SMILES string of the molecule is Cn1ccc2cc(-c3ccc4oc(N5CCn6cnnc6C5)nc4c3)ccc21. The minimum absolute atomic E-state index is 0.639. The lowest BCUT2D eigenvalue weighted by Gasteiger charge is -2.25. The van der Waals surface area contributed by atoms with Gasteiger partial charge in [-0.2, -0.15) is 4.98 Å². The zero-order valence-electron chi connectivity index (χ0n) is 15.4. The lowest BCUT2D eigenvalue weighted by atomic mass is 10.0. The summed E-state index contributed by atoms with van der Waals surface area (Å²) in [6, 6.07) is 15.5. The van der Waals surface area contributed by atoms with Crippen LogP contribution in [-0.4, -0.2) is 30.9 Å². The van der Waals surface area contributed by atoms with Crippen molar-refractivity contribution in [2.75, 3.05) is 11.4 Å². The Morgan fingerprint density at radius 1 is 1.00 bits per heavy atom.